The third-order valence-corrected chi connectivity index (χ3v) is 5.06. The van der Waals surface area contributed by atoms with Crippen molar-refractivity contribution in [3.05, 3.63) is 51.7 Å². The first-order valence-electron chi connectivity index (χ1n) is 7.85. The van der Waals surface area contributed by atoms with E-state index in [0.717, 1.165) is 22.3 Å². The summed E-state index contributed by atoms with van der Waals surface area (Å²) < 4.78 is 16.7. The molecular weight excluding hydrogens is 336 g/mol. The van der Waals surface area contributed by atoms with Gasteiger partial charge in [-0.1, -0.05) is 18.2 Å². The predicted octanol–water partition coefficient (Wildman–Crippen LogP) is 4.03. The van der Waals surface area contributed by atoms with Crippen molar-refractivity contribution in [3.8, 4) is 28.4 Å². The van der Waals surface area contributed by atoms with Crippen molar-refractivity contribution in [2.75, 3.05) is 27.6 Å². The average Bonchev–Trinajstić information content (AvgIpc) is 2.88. The molecule has 0 spiro atoms. The van der Waals surface area contributed by atoms with Gasteiger partial charge in [-0.05, 0) is 47.6 Å². The van der Waals surface area contributed by atoms with Gasteiger partial charge in [-0.2, -0.15) is 0 Å². The second kappa shape index (κ2) is 7.23. The van der Waals surface area contributed by atoms with Gasteiger partial charge in [0.2, 0.25) is 5.75 Å². The van der Waals surface area contributed by atoms with Crippen molar-refractivity contribution in [1.29, 1.82) is 0 Å². The van der Waals surface area contributed by atoms with Gasteiger partial charge in [0, 0.05) is 5.56 Å². The third kappa shape index (κ3) is 3.00. The van der Waals surface area contributed by atoms with E-state index < -0.39 is 0 Å². The lowest BCUT2D eigenvalue weighted by Crippen LogP contribution is -2.00. The second-order valence-corrected chi connectivity index (χ2v) is 6.41. The van der Waals surface area contributed by atoms with E-state index in [4.69, 9.17) is 14.2 Å². The number of fused-ring (bicyclic) bond motifs is 3. The molecule has 2 aromatic carbocycles. The summed E-state index contributed by atoms with van der Waals surface area (Å²) in [5, 5.41) is 0. The molecule has 0 saturated carbocycles. The van der Waals surface area contributed by atoms with Crippen LogP contribution in [-0.2, 0) is 6.42 Å². The van der Waals surface area contributed by atoms with Crippen LogP contribution in [-0.4, -0.2) is 27.6 Å². The number of benzene rings is 1. The van der Waals surface area contributed by atoms with Crippen LogP contribution >= 0.6 is 11.8 Å². The molecule has 2 aromatic rings. The summed E-state index contributed by atoms with van der Waals surface area (Å²) in [5.74, 6) is 1.80. The highest BCUT2D eigenvalue weighted by molar-refractivity contribution is 7.98. The van der Waals surface area contributed by atoms with Crippen LogP contribution in [0.15, 0.2) is 40.0 Å². The summed E-state index contributed by atoms with van der Waals surface area (Å²) in [4.78, 5) is 13.1. The van der Waals surface area contributed by atoms with Crippen LogP contribution in [0.3, 0.4) is 0 Å². The monoisotopic (exact) mass is 356 g/mol. The van der Waals surface area contributed by atoms with Gasteiger partial charge in [0.05, 0.1) is 26.2 Å². The van der Waals surface area contributed by atoms with Crippen LogP contribution in [0.1, 0.15) is 11.1 Å². The van der Waals surface area contributed by atoms with E-state index in [1.54, 1.807) is 27.4 Å². The lowest BCUT2D eigenvalue weighted by atomic mass is 9.96. The standard InChI is InChI=1S/C20H20O4S/c1-22-16-11-13-7-5-6-12-10-15(21)17(25-4)9-8-14(12)18(13)20(24-3)19(16)23-2/h5-6,8-11H,7H2,1-4H3. The molecule has 0 fully saturated rings. The Kier molecular flexibility index (Phi) is 5.04. The number of ether oxygens (including phenoxy) is 3. The molecule has 0 heterocycles. The summed E-state index contributed by atoms with van der Waals surface area (Å²) in [7, 11) is 4.82. The molecule has 0 atom stereocenters. The van der Waals surface area contributed by atoms with Gasteiger partial charge >= 0.3 is 0 Å². The number of methoxy groups -OCH3 is 3. The molecule has 4 nitrogen and oxygen atoms in total. The van der Waals surface area contributed by atoms with E-state index >= 15 is 0 Å². The van der Waals surface area contributed by atoms with Crippen molar-refractivity contribution < 1.29 is 14.2 Å². The molecule has 3 rings (SSSR count). The van der Waals surface area contributed by atoms with Crippen molar-refractivity contribution in [3.63, 3.8) is 0 Å². The smallest absolute Gasteiger partial charge is 0.203 e. The van der Waals surface area contributed by atoms with E-state index in [1.807, 2.05) is 36.6 Å². The Balaban J connectivity index is 2.42. The normalized spacial score (nSPS) is 12.0. The molecule has 0 N–H and O–H groups in total. The number of thioether (sulfide) groups is 1. The molecule has 5 heteroatoms. The second-order valence-electron chi connectivity index (χ2n) is 5.57. The summed E-state index contributed by atoms with van der Waals surface area (Å²) in [6.45, 7) is 0. The maximum absolute atomic E-state index is 12.4. The Morgan fingerprint density at radius 2 is 1.76 bits per heavy atom. The number of hydrogen-bond acceptors (Lipinski definition) is 5. The summed E-state index contributed by atoms with van der Waals surface area (Å²) >= 11 is 1.45. The molecule has 1 aliphatic rings. The molecule has 0 bridgehead atoms. The number of hydrogen-bond donors (Lipinski definition) is 0. The Hall–Kier alpha value is -2.40. The first-order chi connectivity index (χ1) is 12.1. The van der Waals surface area contributed by atoms with Gasteiger partial charge in [0.25, 0.3) is 0 Å². The fraction of sp³-hybridized carbons (Fsp3) is 0.250. The van der Waals surface area contributed by atoms with Crippen molar-refractivity contribution >= 4 is 17.8 Å². The van der Waals surface area contributed by atoms with E-state index in [0.29, 0.717) is 28.6 Å². The zero-order chi connectivity index (χ0) is 18.0. The first-order valence-corrected chi connectivity index (χ1v) is 9.08. The fourth-order valence-corrected chi connectivity index (χ4v) is 3.60. The van der Waals surface area contributed by atoms with Crippen molar-refractivity contribution in [2.45, 2.75) is 11.3 Å². The number of rotatable bonds is 4. The van der Waals surface area contributed by atoms with Gasteiger partial charge in [-0.3, -0.25) is 4.79 Å². The van der Waals surface area contributed by atoms with Crippen LogP contribution in [0.5, 0.6) is 17.2 Å². The highest BCUT2D eigenvalue weighted by atomic mass is 32.2. The minimum absolute atomic E-state index is 0.0151. The van der Waals surface area contributed by atoms with E-state index in [-0.39, 0.29) is 5.43 Å². The largest absolute Gasteiger partial charge is 0.493 e. The molecule has 1 aliphatic carbocycles. The lowest BCUT2D eigenvalue weighted by Gasteiger charge is -2.19. The third-order valence-electron chi connectivity index (χ3n) is 4.28. The molecule has 130 valence electrons. The Bertz CT molecular complexity index is 903. The van der Waals surface area contributed by atoms with Gasteiger partial charge in [-0.15, -0.1) is 11.8 Å². The highest BCUT2D eigenvalue weighted by Crippen LogP contribution is 2.48. The van der Waals surface area contributed by atoms with E-state index in [9.17, 15) is 4.79 Å². The van der Waals surface area contributed by atoms with E-state index in [1.165, 1.54) is 11.8 Å². The SMILES string of the molecule is COc1cc2c(c(OC)c1OC)-c1ccc(SC)c(=O)cc1C=CC2. The van der Waals surface area contributed by atoms with Gasteiger partial charge in [0.1, 0.15) is 0 Å². The summed E-state index contributed by atoms with van der Waals surface area (Å²) in [5.41, 5.74) is 3.83. The quantitative estimate of drug-likeness (QED) is 0.774. The maximum Gasteiger partial charge on any atom is 0.203 e. The molecule has 0 unspecified atom stereocenters. The Labute approximate surface area is 151 Å². The van der Waals surface area contributed by atoms with Crippen LogP contribution in [0.2, 0.25) is 0 Å². The van der Waals surface area contributed by atoms with Crippen LogP contribution < -0.4 is 19.6 Å². The zero-order valence-corrected chi connectivity index (χ0v) is 15.5. The van der Waals surface area contributed by atoms with Crippen LogP contribution in [0.4, 0.5) is 0 Å². The minimum atomic E-state index is 0.0151. The molecular formula is C20H20O4S. The Morgan fingerprint density at radius 1 is 1.00 bits per heavy atom. The predicted molar refractivity (Wildman–Crippen MR) is 102 cm³/mol. The molecule has 0 saturated heterocycles. The van der Waals surface area contributed by atoms with Gasteiger partial charge < -0.3 is 14.2 Å². The minimum Gasteiger partial charge on any atom is -0.493 e. The highest BCUT2D eigenvalue weighted by Gasteiger charge is 2.23. The van der Waals surface area contributed by atoms with Crippen LogP contribution in [0, 0.1) is 0 Å². The summed E-state index contributed by atoms with van der Waals surface area (Å²) in [6, 6.07) is 7.50. The zero-order valence-electron chi connectivity index (χ0n) is 14.7. The topological polar surface area (TPSA) is 44.8 Å². The molecule has 0 aliphatic heterocycles. The summed E-state index contributed by atoms with van der Waals surface area (Å²) in [6.07, 6.45) is 6.65. The van der Waals surface area contributed by atoms with Crippen molar-refractivity contribution in [2.24, 2.45) is 0 Å². The van der Waals surface area contributed by atoms with Gasteiger partial charge in [0.15, 0.2) is 16.9 Å². The first kappa shape index (κ1) is 17.4. The van der Waals surface area contributed by atoms with E-state index in [2.05, 4.69) is 0 Å². The Morgan fingerprint density at radius 3 is 2.40 bits per heavy atom. The average molecular weight is 356 g/mol. The molecule has 0 aromatic heterocycles. The molecule has 25 heavy (non-hydrogen) atoms. The number of allylic oxidation sites excluding steroid dienone is 1. The fourth-order valence-electron chi connectivity index (χ4n) is 3.14. The molecule has 0 amide bonds. The van der Waals surface area contributed by atoms with Crippen molar-refractivity contribution in [1.82, 2.24) is 0 Å². The maximum atomic E-state index is 12.4. The molecule has 0 radical (unpaired) electrons. The lowest BCUT2D eigenvalue weighted by molar-refractivity contribution is 0.325. The van der Waals surface area contributed by atoms with Gasteiger partial charge in [-0.25, -0.2) is 0 Å². The van der Waals surface area contributed by atoms with Crippen LogP contribution in [0.25, 0.3) is 17.2 Å².